The summed E-state index contributed by atoms with van der Waals surface area (Å²) < 4.78 is 0. The second-order valence-electron chi connectivity index (χ2n) is 11.3. The zero-order chi connectivity index (χ0) is 29.6. The van der Waals surface area contributed by atoms with Crippen LogP contribution in [0.5, 0.6) is 0 Å². The number of nitrogens with zero attached hydrogens (tertiary/aromatic N) is 4. The highest BCUT2D eigenvalue weighted by atomic mass is 35.5. The van der Waals surface area contributed by atoms with Crippen molar-refractivity contribution < 1.29 is 14.4 Å². The number of carbonyl (C=O) groups excluding carboxylic acids is 3. The molecule has 0 spiro atoms. The number of aromatic nitrogens is 2. The molecule has 0 fully saturated rings. The first-order valence-corrected chi connectivity index (χ1v) is 14.5. The number of Topliss-reactive ketones (excluding diaryl/α,β-unsaturated/α-hetero) is 1. The van der Waals surface area contributed by atoms with Crippen molar-refractivity contribution in [2.75, 3.05) is 4.90 Å². The van der Waals surface area contributed by atoms with E-state index in [1.807, 2.05) is 44.2 Å². The third-order valence-corrected chi connectivity index (χ3v) is 8.48. The van der Waals surface area contributed by atoms with E-state index < -0.39 is 11.6 Å². The molecule has 2 aromatic heterocycles. The molecule has 2 aliphatic heterocycles. The van der Waals surface area contributed by atoms with Crippen molar-refractivity contribution in [3.63, 3.8) is 0 Å². The van der Waals surface area contributed by atoms with E-state index in [0.29, 0.717) is 45.2 Å². The summed E-state index contributed by atoms with van der Waals surface area (Å²) in [5.74, 6) is 0.0212. The third kappa shape index (κ3) is 5.19. The number of benzene rings is 2. The fourth-order valence-electron chi connectivity index (χ4n) is 5.94. The minimum Gasteiger partial charge on any atom is -0.324 e. The van der Waals surface area contributed by atoms with Gasteiger partial charge in [0.25, 0.3) is 11.8 Å². The normalized spacial score (nSPS) is 17.6. The van der Waals surface area contributed by atoms with Crippen molar-refractivity contribution in [1.29, 1.82) is 0 Å². The number of pyridine rings is 2. The van der Waals surface area contributed by atoms with Gasteiger partial charge in [-0.1, -0.05) is 41.4 Å². The van der Waals surface area contributed by atoms with Crippen molar-refractivity contribution in [2.24, 2.45) is 0 Å². The average molecular weight is 600 g/mol. The average Bonchev–Trinajstić information content (AvgIpc) is 3.19. The van der Waals surface area contributed by atoms with Crippen LogP contribution < -0.4 is 4.90 Å². The lowest BCUT2D eigenvalue weighted by Crippen LogP contribution is -2.46. The quantitative estimate of drug-likeness (QED) is 0.275. The second-order valence-corrected chi connectivity index (χ2v) is 12.2. The topological polar surface area (TPSA) is 83.5 Å². The Morgan fingerprint density at radius 3 is 2.52 bits per heavy atom. The summed E-state index contributed by atoms with van der Waals surface area (Å²) in [6.45, 7) is 4.13. The van der Waals surface area contributed by atoms with Crippen molar-refractivity contribution in [3.05, 3.63) is 123 Å². The van der Waals surface area contributed by atoms with Gasteiger partial charge >= 0.3 is 0 Å². The molecule has 4 heterocycles. The molecule has 2 aromatic carbocycles. The zero-order valence-corrected chi connectivity index (χ0v) is 24.7. The van der Waals surface area contributed by atoms with Crippen molar-refractivity contribution in [2.45, 2.75) is 51.2 Å². The van der Waals surface area contributed by atoms with E-state index in [9.17, 15) is 14.4 Å². The van der Waals surface area contributed by atoms with Gasteiger partial charge in [0, 0.05) is 53.6 Å². The lowest BCUT2D eigenvalue weighted by atomic mass is 9.98. The summed E-state index contributed by atoms with van der Waals surface area (Å²) >= 11 is 13.0. The Morgan fingerprint density at radius 1 is 0.952 bits per heavy atom. The van der Waals surface area contributed by atoms with E-state index in [1.54, 1.807) is 58.6 Å². The van der Waals surface area contributed by atoms with E-state index in [4.69, 9.17) is 23.2 Å². The van der Waals surface area contributed by atoms with Gasteiger partial charge in [-0.2, -0.15) is 0 Å². The van der Waals surface area contributed by atoms with Crippen LogP contribution >= 0.6 is 23.2 Å². The molecule has 4 aromatic rings. The van der Waals surface area contributed by atoms with E-state index in [-0.39, 0.29) is 42.0 Å². The first-order chi connectivity index (χ1) is 20.1. The molecule has 1 atom stereocenters. The van der Waals surface area contributed by atoms with E-state index in [2.05, 4.69) is 9.97 Å². The van der Waals surface area contributed by atoms with Gasteiger partial charge in [-0.3, -0.25) is 24.3 Å². The molecule has 6 rings (SSSR count). The molecule has 0 radical (unpaired) electrons. The largest absolute Gasteiger partial charge is 0.324 e. The summed E-state index contributed by atoms with van der Waals surface area (Å²) in [5, 5.41) is 0.731. The van der Waals surface area contributed by atoms with Crippen LogP contribution in [0.25, 0.3) is 0 Å². The maximum atomic E-state index is 13.9. The second kappa shape index (κ2) is 11.0. The van der Waals surface area contributed by atoms with E-state index >= 15 is 0 Å². The third-order valence-electron chi connectivity index (χ3n) is 7.93. The van der Waals surface area contributed by atoms with Crippen molar-refractivity contribution >= 4 is 46.6 Å². The van der Waals surface area contributed by atoms with Crippen LogP contribution in [0, 0.1) is 0 Å². The van der Waals surface area contributed by atoms with Crippen LogP contribution in [0.2, 0.25) is 10.0 Å². The Kier molecular flexibility index (Phi) is 7.33. The number of hydrogen-bond donors (Lipinski definition) is 0. The zero-order valence-electron chi connectivity index (χ0n) is 23.2. The Labute approximate surface area is 254 Å². The number of anilines is 1. The number of halogens is 2. The molecule has 0 saturated heterocycles. The summed E-state index contributed by atoms with van der Waals surface area (Å²) in [5.41, 5.74) is 3.33. The molecular formula is C33H28Cl2N4O3. The van der Waals surface area contributed by atoms with Gasteiger partial charge in [0.15, 0.2) is 5.78 Å². The van der Waals surface area contributed by atoms with Crippen molar-refractivity contribution in [3.8, 4) is 0 Å². The van der Waals surface area contributed by atoms with Gasteiger partial charge in [0.05, 0.1) is 16.6 Å². The van der Waals surface area contributed by atoms with Crippen LogP contribution in [0.4, 0.5) is 5.82 Å². The molecule has 42 heavy (non-hydrogen) atoms. The lowest BCUT2D eigenvalue weighted by molar-refractivity contribution is -0.122. The summed E-state index contributed by atoms with van der Waals surface area (Å²) in [6, 6.07) is 18.8. The highest BCUT2D eigenvalue weighted by Crippen LogP contribution is 2.39. The molecule has 9 heteroatoms. The Morgan fingerprint density at radius 2 is 1.76 bits per heavy atom. The molecular weight excluding hydrogens is 571 g/mol. The van der Waals surface area contributed by atoms with Gasteiger partial charge in [0.1, 0.15) is 5.82 Å². The maximum Gasteiger partial charge on any atom is 0.261 e. The molecule has 0 bridgehead atoms. The highest BCUT2D eigenvalue weighted by molar-refractivity contribution is 6.34. The highest BCUT2D eigenvalue weighted by Gasteiger charge is 2.42. The number of amides is 2. The van der Waals surface area contributed by atoms with Crippen LogP contribution in [0.3, 0.4) is 0 Å². The molecule has 2 aliphatic rings. The fourth-order valence-corrected chi connectivity index (χ4v) is 6.41. The summed E-state index contributed by atoms with van der Waals surface area (Å²) in [6.07, 6.45) is 4.40. The summed E-state index contributed by atoms with van der Waals surface area (Å²) in [4.78, 5) is 53.5. The minimum atomic E-state index is -0.744. The van der Waals surface area contributed by atoms with Gasteiger partial charge in [-0.25, -0.2) is 4.98 Å². The molecule has 0 unspecified atom stereocenters. The number of fused-ring (bicyclic) bond motifs is 2. The molecule has 0 aliphatic carbocycles. The summed E-state index contributed by atoms with van der Waals surface area (Å²) in [7, 11) is 0. The van der Waals surface area contributed by atoms with E-state index in [1.165, 1.54) is 0 Å². The Hall–Kier alpha value is -4.07. The standard InChI is InChI=1S/C33H28Cl2N4O3/c1-33(2)18-21-6-5-13-37-30(21)39(33)32(42)26-10-8-20(14-27(26)35)19-38-28(17-24-7-3-4-12-36-24)29(40)16-22-15-23(34)9-11-25(22)31(38)41/h3-15,28H,16-19H2,1-2H3/t28-/m1/s1. The van der Waals surface area contributed by atoms with Crippen LogP contribution in [0.1, 0.15) is 56.9 Å². The van der Waals surface area contributed by atoms with Crippen LogP contribution in [-0.2, 0) is 30.6 Å². The SMILES string of the molecule is CC1(C)Cc2cccnc2N1C(=O)c1ccc(CN2C(=O)c3ccc(Cl)cc3CC(=O)[C@H]2Cc2ccccn2)cc1Cl. The Balaban J connectivity index is 1.33. The minimum absolute atomic E-state index is 0.0883. The van der Waals surface area contributed by atoms with Gasteiger partial charge < -0.3 is 4.90 Å². The maximum absolute atomic E-state index is 13.9. The first-order valence-electron chi connectivity index (χ1n) is 13.7. The predicted molar refractivity (Wildman–Crippen MR) is 162 cm³/mol. The monoisotopic (exact) mass is 598 g/mol. The van der Waals surface area contributed by atoms with Crippen LogP contribution in [-0.4, -0.2) is 44.0 Å². The van der Waals surface area contributed by atoms with Gasteiger partial charge in [0.2, 0.25) is 0 Å². The number of rotatable bonds is 5. The van der Waals surface area contributed by atoms with Gasteiger partial charge in [-0.15, -0.1) is 0 Å². The van der Waals surface area contributed by atoms with Gasteiger partial charge in [-0.05, 0) is 85.5 Å². The fraction of sp³-hybridized carbons (Fsp3) is 0.242. The first kappa shape index (κ1) is 28.1. The molecule has 212 valence electrons. The lowest BCUT2D eigenvalue weighted by Gasteiger charge is -2.32. The molecule has 0 N–H and O–H groups in total. The predicted octanol–water partition coefficient (Wildman–Crippen LogP) is 6.14. The number of hydrogen-bond acceptors (Lipinski definition) is 5. The molecule has 2 amide bonds. The molecule has 0 saturated carbocycles. The molecule has 7 nitrogen and oxygen atoms in total. The van der Waals surface area contributed by atoms with E-state index in [0.717, 1.165) is 5.56 Å². The Bertz CT molecular complexity index is 1720. The van der Waals surface area contributed by atoms with Crippen molar-refractivity contribution in [1.82, 2.24) is 14.9 Å². The number of carbonyl (C=O) groups is 3. The smallest absolute Gasteiger partial charge is 0.261 e. The number of ketones is 1. The van der Waals surface area contributed by atoms with Crippen LogP contribution in [0.15, 0.2) is 79.1 Å².